The van der Waals surface area contributed by atoms with Crippen LogP contribution in [0.3, 0.4) is 0 Å². The van der Waals surface area contributed by atoms with Crippen LogP contribution >= 0.6 is 0 Å². The van der Waals surface area contributed by atoms with Gasteiger partial charge in [-0.2, -0.15) is 0 Å². The van der Waals surface area contributed by atoms with Crippen LogP contribution in [0.4, 0.5) is 0 Å². The summed E-state index contributed by atoms with van der Waals surface area (Å²) < 4.78 is 0. The molecule has 0 aliphatic heterocycles. The lowest BCUT2D eigenvalue weighted by molar-refractivity contribution is -0.137. The van der Waals surface area contributed by atoms with Crippen LogP contribution in [-0.4, -0.2) is 11.6 Å². The number of carbonyl (C=O) groups excluding carboxylic acids is 2. The molecule has 0 aromatic heterocycles. The Kier molecular flexibility index (Phi) is 3.18. The lowest BCUT2D eigenvalue weighted by atomic mass is 9.78. The molecule has 0 bridgehead atoms. The maximum absolute atomic E-state index is 11.8. The maximum Gasteiger partial charge on any atom is 0.143 e. The van der Waals surface area contributed by atoms with Crippen molar-refractivity contribution < 1.29 is 9.59 Å². The molecule has 0 saturated heterocycles. The van der Waals surface area contributed by atoms with E-state index >= 15 is 0 Å². The van der Waals surface area contributed by atoms with Crippen LogP contribution in [0.2, 0.25) is 0 Å². The molecule has 0 N–H and O–H groups in total. The van der Waals surface area contributed by atoms with Crippen LogP contribution in [0.1, 0.15) is 25.3 Å². The standard InChI is InChI=1S/C14H16O2/c1-10-7-13(15)12(14(16)8-10)9-11-5-3-2-4-6-11/h2-6,10,12H,7-9H2,1H3. The van der Waals surface area contributed by atoms with Gasteiger partial charge in [0.05, 0.1) is 5.92 Å². The third kappa shape index (κ3) is 2.38. The first-order valence-corrected chi connectivity index (χ1v) is 5.76. The highest BCUT2D eigenvalue weighted by Crippen LogP contribution is 2.25. The van der Waals surface area contributed by atoms with Gasteiger partial charge in [-0.05, 0) is 17.9 Å². The van der Waals surface area contributed by atoms with Gasteiger partial charge in [-0.15, -0.1) is 0 Å². The molecule has 0 spiro atoms. The molecule has 2 heteroatoms. The summed E-state index contributed by atoms with van der Waals surface area (Å²) in [5.41, 5.74) is 1.07. The molecule has 84 valence electrons. The second-order valence-electron chi connectivity index (χ2n) is 4.69. The number of hydrogen-bond acceptors (Lipinski definition) is 2. The molecule has 1 aliphatic carbocycles. The average Bonchev–Trinajstić information content (AvgIpc) is 2.25. The molecule has 0 amide bonds. The fourth-order valence-corrected chi connectivity index (χ4v) is 2.30. The zero-order valence-corrected chi connectivity index (χ0v) is 9.48. The summed E-state index contributed by atoms with van der Waals surface area (Å²) in [4.78, 5) is 23.6. The van der Waals surface area contributed by atoms with Gasteiger partial charge in [0, 0.05) is 12.8 Å². The Labute approximate surface area is 95.7 Å². The summed E-state index contributed by atoms with van der Waals surface area (Å²) in [6.45, 7) is 1.97. The van der Waals surface area contributed by atoms with Crippen LogP contribution in [0, 0.1) is 11.8 Å². The van der Waals surface area contributed by atoms with Crippen LogP contribution in [0.5, 0.6) is 0 Å². The SMILES string of the molecule is CC1CC(=O)C(Cc2ccccc2)C(=O)C1. The number of ketones is 2. The molecule has 1 aromatic carbocycles. The Morgan fingerprint density at radius 1 is 1.06 bits per heavy atom. The van der Waals surface area contributed by atoms with Crippen LogP contribution in [0.25, 0.3) is 0 Å². The van der Waals surface area contributed by atoms with Gasteiger partial charge in [-0.25, -0.2) is 0 Å². The van der Waals surface area contributed by atoms with E-state index in [1.165, 1.54) is 0 Å². The summed E-state index contributed by atoms with van der Waals surface area (Å²) >= 11 is 0. The summed E-state index contributed by atoms with van der Waals surface area (Å²) in [5, 5.41) is 0. The van der Waals surface area contributed by atoms with Gasteiger partial charge >= 0.3 is 0 Å². The minimum atomic E-state index is -0.390. The molecule has 0 heterocycles. The third-order valence-electron chi connectivity index (χ3n) is 3.16. The second-order valence-corrected chi connectivity index (χ2v) is 4.69. The predicted molar refractivity (Wildman–Crippen MR) is 62.0 cm³/mol. The van der Waals surface area contributed by atoms with Gasteiger partial charge in [0.15, 0.2) is 0 Å². The Bertz CT molecular complexity index is 376. The zero-order valence-electron chi connectivity index (χ0n) is 9.48. The van der Waals surface area contributed by atoms with E-state index in [1.54, 1.807) is 0 Å². The van der Waals surface area contributed by atoms with Crippen molar-refractivity contribution in [2.75, 3.05) is 0 Å². The first kappa shape index (κ1) is 11.1. The smallest absolute Gasteiger partial charge is 0.143 e. The summed E-state index contributed by atoms with van der Waals surface area (Å²) in [5.74, 6) is 0.0748. The van der Waals surface area contributed by atoms with Crippen molar-refractivity contribution in [1.29, 1.82) is 0 Å². The lowest BCUT2D eigenvalue weighted by Crippen LogP contribution is -2.33. The fourth-order valence-electron chi connectivity index (χ4n) is 2.30. The average molecular weight is 216 g/mol. The highest BCUT2D eigenvalue weighted by Gasteiger charge is 2.33. The van der Waals surface area contributed by atoms with Gasteiger partial charge in [0.25, 0.3) is 0 Å². The van der Waals surface area contributed by atoms with E-state index in [0.29, 0.717) is 19.3 Å². The van der Waals surface area contributed by atoms with Gasteiger partial charge in [0.2, 0.25) is 0 Å². The second kappa shape index (κ2) is 4.60. The summed E-state index contributed by atoms with van der Waals surface area (Å²) in [6, 6.07) is 9.76. The molecule has 1 fully saturated rings. The lowest BCUT2D eigenvalue weighted by Gasteiger charge is -2.23. The Morgan fingerprint density at radius 2 is 1.62 bits per heavy atom. The van der Waals surface area contributed by atoms with E-state index in [2.05, 4.69) is 0 Å². The third-order valence-corrected chi connectivity index (χ3v) is 3.16. The van der Waals surface area contributed by atoms with Crippen LogP contribution in [0.15, 0.2) is 30.3 Å². The number of Topliss-reactive ketones (excluding diaryl/α,β-unsaturated/α-hetero) is 2. The first-order chi connectivity index (χ1) is 7.66. The topological polar surface area (TPSA) is 34.1 Å². The normalized spacial score (nSPS) is 25.8. The van der Waals surface area contributed by atoms with E-state index in [-0.39, 0.29) is 17.5 Å². The van der Waals surface area contributed by atoms with Crippen molar-refractivity contribution in [3.05, 3.63) is 35.9 Å². The molecule has 2 nitrogen and oxygen atoms in total. The monoisotopic (exact) mass is 216 g/mol. The number of hydrogen-bond donors (Lipinski definition) is 0. The van der Waals surface area contributed by atoms with Crippen LogP contribution in [-0.2, 0) is 16.0 Å². The van der Waals surface area contributed by atoms with Gasteiger partial charge in [-0.1, -0.05) is 37.3 Å². The van der Waals surface area contributed by atoms with Crippen molar-refractivity contribution in [3.8, 4) is 0 Å². The Balaban J connectivity index is 2.10. The van der Waals surface area contributed by atoms with Crippen molar-refractivity contribution >= 4 is 11.6 Å². The zero-order chi connectivity index (χ0) is 11.5. The molecule has 0 atom stereocenters. The predicted octanol–water partition coefficient (Wildman–Crippen LogP) is 2.41. The molecule has 1 saturated carbocycles. The molecule has 0 radical (unpaired) electrons. The summed E-state index contributed by atoms with van der Waals surface area (Å²) in [7, 11) is 0. The van der Waals surface area contributed by atoms with Gasteiger partial charge < -0.3 is 0 Å². The first-order valence-electron chi connectivity index (χ1n) is 5.76. The minimum Gasteiger partial charge on any atom is -0.299 e. The van der Waals surface area contributed by atoms with Crippen molar-refractivity contribution in [1.82, 2.24) is 0 Å². The highest BCUT2D eigenvalue weighted by atomic mass is 16.2. The van der Waals surface area contributed by atoms with E-state index < -0.39 is 5.92 Å². The molecular weight excluding hydrogens is 200 g/mol. The van der Waals surface area contributed by atoms with Crippen molar-refractivity contribution in [2.24, 2.45) is 11.8 Å². The molecule has 1 aromatic rings. The van der Waals surface area contributed by atoms with Gasteiger partial charge in [-0.3, -0.25) is 9.59 Å². The highest BCUT2D eigenvalue weighted by molar-refractivity contribution is 6.04. The molecule has 0 unspecified atom stereocenters. The van der Waals surface area contributed by atoms with E-state index in [9.17, 15) is 9.59 Å². The van der Waals surface area contributed by atoms with Gasteiger partial charge in [0.1, 0.15) is 11.6 Å². The van der Waals surface area contributed by atoms with E-state index in [1.807, 2.05) is 37.3 Å². The Morgan fingerprint density at radius 3 is 2.19 bits per heavy atom. The Hall–Kier alpha value is -1.44. The summed E-state index contributed by atoms with van der Waals surface area (Å²) in [6.07, 6.45) is 1.69. The number of benzene rings is 1. The fraction of sp³-hybridized carbons (Fsp3) is 0.429. The number of carbonyl (C=O) groups is 2. The minimum absolute atomic E-state index is 0.118. The molecule has 2 rings (SSSR count). The molecule has 1 aliphatic rings. The molecule has 16 heavy (non-hydrogen) atoms. The van der Waals surface area contributed by atoms with Crippen molar-refractivity contribution in [2.45, 2.75) is 26.2 Å². The number of rotatable bonds is 2. The molecular formula is C14H16O2. The van der Waals surface area contributed by atoms with E-state index in [0.717, 1.165) is 5.56 Å². The van der Waals surface area contributed by atoms with Crippen molar-refractivity contribution in [3.63, 3.8) is 0 Å². The van der Waals surface area contributed by atoms with Crippen LogP contribution < -0.4 is 0 Å². The van der Waals surface area contributed by atoms with E-state index in [4.69, 9.17) is 0 Å². The maximum atomic E-state index is 11.8. The largest absolute Gasteiger partial charge is 0.299 e. The quantitative estimate of drug-likeness (QED) is 0.711.